The van der Waals surface area contributed by atoms with Gasteiger partial charge in [0.1, 0.15) is 0 Å². The van der Waals surface area contributed by atoms with E-state index < -0.39 is 0 Å². The SMILES string of the molecule is CCOC(C)CSc1ccc(Cl)cc1. The van der Waals surface area contributed by atoms with Crippen LogP contribution in [-0.2, 0) is 4.74 Å². The molecule has 1 atom stereocenters. The second-order valence-corrected chi connectivity index (χ2v) is 4.56. The molecule has 0 fully saturated rings. The molecular formula is C11H15ClOS. The van der Waals surface area contributed by atoms with Gasteiger partial charge < -0.3 is 4.74 Å². The first-order valence-electron chi connectivity index (χ1n) is 4.72. The zero-order valence-electron chi connectivity index (χ0n) is 8.50. The van der Waals surface area contributed by atoms with Crippen molar-refractivity contribution in [3.63, 3.8) is 0 Å². The van der Waals surface area contributed by atoms with Gasteiger partial charge in [0.25, 0.3) is 0 Å². The monoisotopic (exact) mass is 230 g/mol. The maximum Gasteiger partial charge on any atom is 0.0640 e. The van der Waals surface area contributed by atoms with Gasteiger partial charge in [0, 0.05) is 22.3 Å². The lowest BCUT2D eigenvalue weighted by Crippen LogP contribution is -2.10. The van der Waals surface area contributed by atoms with E-state index in [0.717, 1.165) is 17.4 Å². The number of halogens is 1. The highest BCUT2D eigenvalue weighted by Crippen LogP contribution is 2.21. The summed E-state index contributed by atoms with van der Waals surface area (Å²) in [7, 11) is 0. The number of benzene rings is 1. The van der Waals surface area contributed by atoms with Crippen molar-refractivity contribution in [1.82, 2.24) is 0 Å². The molecule has 1 rings (SSSR count). The second kappa shape index (κ2) is 6.33. The highest BCUT2D eigenvalue weighted by atomic mass is 35.5. The average Bonchev–Trinajstić information content (AvgIpc) is 2.17. The quantitative estimate of drug-likeness (QED) is 0.711. The van der Waals surface area contributed by atoms with Crippen molar-refractivity contribution < 1.29 is 4.74 Å². The molecule has 0 aliphatic carbocycles. The largest absolute Gasteiger partial charge is 0.378 e. The summed E-state index contributed by atoms with van der Waals surface area (Å²) in [5.74, 6) is 0.982. The van der Waals surface area contributed by atoms with Crippen molar-refractivity contribution in [3.05, 3.63) is 29.3 Å². The van der Waals surface area contributed by atoms with Gasteiger partial charge in [0.05, 0.1) is 6.10 Å². The fraction of sp³-hybridized carbons (Fsp3) is 0.455. The topological polar surface area (TPSA) is 9.23 Å². The lowest BCUT2D eigenvalue weighted by atomic mass is 10.4. The average molecular weight is 231 g/mol. The van der Waals surface area contributed by atoms with Crippen molar-refractivity contribution >= 4 is 23.4 Å². The molecule has 0 radical (unpaired) electrons. The molecule has 14 heavy (non-hydrogen) atoms. The van der Waals surface area contributed by atoms with Gasteiger partial charge >= 0.3 is 0 Å². The Balaban J connectivity index is 2.34. The summed E-state index contributed by atoms with van der Waals surface area (Å²) in [5.41, 5.74) is 0. The predicted octanol–water partition coefficient (Wildman–Crippen LogP) is 3.86. The van der Waals surface area contributed by atoms with E-state index in [1.807, 2.05) is 31.2 Å². The molecule has 0 aliphatic rings. The minimum Gasteiger partial charge on any atom is -0.378 e. The smallest absolute Gasteiger partial charge is 0.0640 e. The Morgan fingerprint density at radius 1 is 1.36 bits per heavy atom. The third kappa shape index (κ3) is 4.36. The number of rotatable bonds is 5. The van der Waals surface area contributed by atoms with Gasteiger partial charge in [-0.3, -0.25) is 0 Å². The van der Waals surface area contributed by atoms with Gasteiger partial charge in [-0.15, -0.1) is 11.8 Å². The number of ether oxygens (including phenoxy) is 1. The minimum atomic E-state index is 0.306. The summed E-state index contributed by atoms with van der Waals surface area (Å²) in [6.45, 7) is 4.89. The maximum atomic E-state index is 5.79. The van der Waals surface area contributed by atoms with Crippen LogP contribution in [0, 0.1) is 0 Å². The van der Waals surface area contributed by atoms with Crippen LogP contribution in [0.2, 0.25) is 5.02 Å². The first-order valence-corrected chi connectivity index (χ1v) is 6.08. The third-order valence-corrected chi connectivity index (χ3v) is 3.24. The predicted molar refractivity (Wildman–Crippen MR) is 63.3 cm³/mol. The molecule has 0 amide bonds. The van der Waals surface area contributed by atoms with Gasteiger partial charge in [-0.1, -0.05) is 11.6 Å². The summed E-state index contributed by atoms with van der Waals surface area (Å²) in [6, 6.07) is 7.89. The highest BCUT2D eigenvalue weighted by molar-refractivity contribution is 7.99. The van der Waals surface area contributed by atoms with E-state index in [2.05, 4.69) is 6.92 Å². The molecule has 0 heterocycles. The number of thioether (sulfide) groups is 1. The second-order valence-electron chi connectivity index (χ2n) is 3.03. The number of hydrogen-bond acceptors (Lipinski definition) is 2. The molecule has 1 aromatic rings. The van der Waals surface area contributed by atoms with Gasteiger partial charge in [-0.2, -0.15) is 0 Å². The molecule has 0 spiro atoms. The normalized spacial score (nSPS) is 12.8. The first-order chi connectivity index (χ1) is 6.72. The van der Waals surface area contributed by atoms with Crippen LogP contribution in [0.25, 0.3) is 0 Å². The molecule has 1 unspecified atom stereocenters. The highest BCUT2D eigenvalue weighted by Gasteiger charge is 2.01. The molecule has 0 N–H and O–H groups in total. The van der Waals surface area contributed by atoms with Crippen LogP contribution in [0.5, 0.6) is 0 Å². The third-order valence-electron chi connectivity index (χ3n) is 1.75. The Hall–Kier alpha value is -0.180. The van der Waals surface area contributed by atoms with Gasteiger partial charge in [-0.25, -0.2) is 0 Å². The van der Waals surface area contributed by atoms with Crippen molar-refractivity contribution in [2.24, 2.45) is 0 Å². The van der Waals surface area contributed by atoms with E-state index in [4.69, 9.17) is 16.3 Å². The molecule has 0 bridgehead atoms. The van der Waals surface area contributed by atoms with E-state index in [-0.39, 0.29) is 0 Å². The maximum absolute atomic E-state index is 5.79. The van der Waals surface area contributed by atoms with Gasteiger partial charge in [-0.05, 0) is 38.1 Å². The summed E-state index contributed by atoms with van der Waals surface area (Å²) < 4.78 is 5.44. The minimum absolute atomic E-state index is 0.306. The fourth-order valence-electron chi connectivity index (χ4n) is 1.08. The van der Waals surface area contributed by atoms with Crippen molar-refractivity contribution in [2.75, 3.05) is 12.4 Å². The standard InChI is InChI=1S/C11H15ClOS/c1-3-13-9(2)8-14-11-6-4-10(12)5-7-11/h4-7,9H,3,8H2,1-2H3. The van der Waals surface area contributed by atoms with E-state index in [0.29, 0.717) is 6.10 Å². The zero-order chi connectivity index (χ0) is 10.4. The Labute approximate surface area is 94.8 Å². The fourth-order valence-corrected chi connectivity index (χ4v) is 2.05. The molecule has 0 saturated carbocycles. The van der Waals surface area contributed by atoms with E-state index in [1.165, 1.54) is 4.90 Å². The molecule has 0 aromatic heterocycles. The Kier molecular flexibility index (Phi) is 5.38. The van der Waals surface area contributed by atoms with E-state index >= 15 is 0 Å². The number of hydrogen-bond donors (Lipinski definition) is 0. The van der Waals surface area contributed by atoms with Crippen LogP contribution in [0.15, 0.2) is 29.2 Å². The van der Waals surface area contributed by atoms with Crippen LogP contribution >= 0.6 is 23.4 Å². The summed E-state index contributed by atoms with van der Waals surface area (Å²) in [6.07, 6.45) is 0.306. The van der Waals surface area contributed by atoms with Crippen molar-refractivity contribution in [3.8, 4) is 0 Å². The molecule has 0 saturated heterocycles. The van der Waals surface area contributed by atoms with E-state index in [9.17, 15) is 0 Å². The molecule has 1 aromatic carbocycles. The lowest BCUT2D eigenvalue weighted by Gasteiger charge is -2.10. The molecule has 3 heteroatoms. The molecule has 0 aliphatic heterocycles. The zero-order valence-corrected chi connectivity index (χ0v) is 10.1. The van der Waals surface area contributed by atoms with Crippen LogP contribution in [0.4, 0.5) is 0 Å². The van der Waals surface area contributed by atoms with Crippen LogP contribution < -0.4 is 0 Å². The van der Waals surface area contributed by atoms with Crippen LogP contribution in [-0.4, -0.2) is 18.5 Å². The lowest BCUT2D eigenvalue weighted by molar-refractivity contribution is 0.0932. The van der Waals surface area contributed by atoms with Crippen molar-refractivity contribution in [2.45, 2.75) is 24.8 Å². The summed E-state index contributed by atoms with van der Waals surface area (Å²) >= 11 is 7.58. The summed E-state index contributed by atoms with van der Waals surface area (Å²) in [5, 5.41) is 0.784. The Morgan fingerprint density at radius 3 is 2.57 bits per heavy atom. The van der Waals surface area contributed by atoms with E-state index in [1.54, 1.807) is 11.8 Å². The molecular weight excluding hydrogens is 216 g/mol. The van der Waals surface area contributed by atoms with Crippen LogP contribution in [0.3, 0.4) is 0 Å². The van der Waals surface area contributed by atoms with Gasteiger partial charge in [0.15, 0.2) is 0 Å². The van der Waals surface area contributed by atoms with Gasteiger partial charge in [0.2, 0.25) is 0 Å². The Morgan fingerprint density at radius 2 is 2.00 bits per heavy atom. The molecule has 1 nitrogen and oxygen atoms in total. The Bertz CT molecular complexity index is 260. The summed E-state index contributed by atoms with van der Waals surface area (Å²) in [4.78, 5) is 1.24. The van der Waals surface area contributed by atoms with Crippen molar-refractivity contribution in [1.29, 1.82) is 0 Å². The first kappa shape index (κ1) is 11.9. The molecule has 78 valence electrons. The van der Waals surface area contributed by atoms with Crippen LogP contribution in [0.1, 0.15) is 13.8 Å².